The molecule has 0 amide bonds. The SMILES string of the molecule is Cc1c(C(=O)C2CCNCC2)c2cccc(F)c2n1C. The minimum Gasteiger partial charge on any atom is -0.345 e. The van der Waals surface area contributed by atoms with Crippen molar-refractivity contribution in [3.63, 3.8) is 0 Å². The number of halogens is 1. The molecule has 0 spiro atoms. The van der Waals surface area contributed by atoms with Gasteiger partial charge in [0.25, 0.3) is 0 Å². The molecule has 20 heavy (non-hydrogen) atoms. The zero-order chi connectivity index (χ0) is 14.3. The first kappa shape index (κ1) is 13.3. The van der Waals surface area contributed by atoms with E-state index in [9.17, 15) is 9.18 Å². The molecule has 2 aromatic rings. The van der Waals surface area contributed by atoms with Crippen molar-refractivity contribution in [2.75, 3.05) is 13.1 Å². The highest BCUT2D eigenvalue weighted by molar-refractivity contribution is 6.10. The number of carbonyl (C=O) groups excluding carboxylic acids is 1. The van der Waals surface area contributed by atoms with Crippen molar-refractivity contribution in [3.8, 4) is 0 Å². The highest BCUT2D eigenvalue weighted by Gasteiger charge is 2.27. The summed E-state index contributed by atoms with van der Waals surface area (Å²) in [5.41, 5.74) is 2.09. The van der Waals surface area contributed by atoms with Crippen LogP contribution >= 0.6 is 0 Å². The van der Waals surface area contributed by atoms with E-state index in [2.05, 4.69) is 5.32 Å². The molecule has 4 heteroatoms. The van der Waals surface area contributed by atoms with E-state index in [0.717, 1.165) is 37.0 Å². The van der Waals surface area contributed by atoms with Gasteiger partial charge in [-0.15, -0.1) is 0 Å². The lowest BCUT2D eigenvalue weighted by Crippen LogP contribution is -2.32. The Kier molecular flexibility index (Phi) is 3.34. The molecular formula is C16H19FN2O. The summed E-state index contributed by atoms with van der Waals surface area (Å²) in [5, 5.41) is 4.01. The van der Waals surface area contributed by atoms with Crippen molar-refractivity contribution in [2.24, 2.45) is 13.0 Å². The van der Waals surface area contributed by atoms with Crippen LogP contribution in [0.15, 0.2) is 18.2 Å². The molecule has 1 N–H and O–H groups in total. The van der Waals surface area contributed by atoms with Gasteiger partial charge >= 0.3 is 0 Å². The highest BCUT2D eigenvalue weighted by atomic mass is 19.1. The fraction of sp³-hybridized carbons (Fsp3) is 0.438. The Morgan fingerprint density at radius 3 is 2.75 bits per heavy atom. The highest BCUT2D eigenvalue weighted by Crippen LogP contribution is 2.30. The van der Waals surface area contributed by atoms with Crippen LogP contribution in [0.5, 0.6) is 0 Å². The Hall–Kier alpha value is -1.68. The summed E-state index contributed by atoms with van der Waals surface area (Å²) in [7, 11) is 1.82. The first-order valence-electron chi connectivity index (χ1n) is 7.09. The van der Waals surface area contributed by atoms with Gasteiger partial charge in [0, 0.05) is 29.6 Å². The fourth-order valence-corrected chi connectivity index (χ4v) is 3.19. The van der Waals surface area contributed by atoms with Crippen molar-refractivity contribution in [1.29, 1.82) is 0 Å². The van der Waals surface area contributed by atoms with Gasteiger partial charge in [-0.2, -0.15) is 0 Å². The summed E-state index contributed by atoms with van der Waals surface area (Å²) in [6.45, 7) is 3.66. The maximum atomic E-state index is 14.0. The summed E-state index contributed by atoms with van der Waals surface area (Å²) in [4.78, 5) is 12.8. The van der Waals surface area contributed by atoms with Crippen LogP contribution in [0.4, 0.5) is 4.39 Å². The average molecular weight is 274 g/mol. The summed E-state index contributed by atoms with van der Waals surface area (Å²) in [6.07, 6.45) is 1.73. The minimum absolute atomic E-state index is 0.0591. The van der Waals surface area contributed by atoms with Crippen molar-refractivity contribution >= 4 is 16.7 Å². The van der Waals surface area contributed by atoms with Gasteiger partial charge in [0.15, 0.2) is 5.78 Å². The van der Waals surface area contributed by atoms with E-state index in [1.165, 1.54) is 6.07 Å². The number of rotatable bonds is 2. The molecule has 1 aliphatic heterocycles. The molecule has 2 heterocycles. The summed E-state index contributed by atoms with van der Waals surface area (Å²) in [5.74, 6) is -0.0403. The molecule has 0 atom stereocenters. The normalized spacial score (nSPS) is 16.8. The van der Waals surface area contributed by atoms with Crippen LogP contribution in [-0.2, 0) is 7.05 Å². The third-order valence-electron chi connectivity index (χ3n) is 4.41. The molecule has 0 aliphatic carbocycles. The molecular weight excluding hydrogens is 255 g/mol. The smallest absolute Gasteiger partial charge is 0.168 e. The number of carbonyl (C=O) groups is 1. The van der Waals surface area contributed by atoms with Gasteiger partial charge in [-0.3, -0.25) is 4.79 Å². The van der Waals surface area contributed by atoms with Crippen molar-refractivity contribution < 1.29 is 9.18 Å². The molecule has 1 aromatic carbocycles. The van der Waals surface area contributed by atoms with E-state index in [4.69, 9.17) is 0 Å². The lowest BCUT2D eigenvalue weighted by molar-refractivity contribution is 0.0896. The van der Waals surface area contributed by atoms with E-state index in [1.54, 1.807) is 10.6 Å². The number of nitrogens with one attached hydrogen (secondary N) is 1. The maximum absolute atomic E-state index is 14.0. The molecule has 3 rings (SSSR count). The summed E-state index contributed by atoms with van der Waals surface area (Å²) < 4.78 is 15.8. The Morgan fingerprint density at radius 2 is 2.05 bits per heavy atom. The number of hydrogen-bond donors (Lipinski definition) is 1. The molecule has 0 unspecified atom stereocenters. The number of para-hydroxylation sites is 1. The predicted molar refractivity (Wildman–Crippen MR) is 77.5 cm³/mol. The molecule has 1 aromatic heterocycles. The third kappa shape index (κ3) is 1.95. The Balaban J connectivity index is 2.13. The largest absolute Gasteiger partial charge is 0.345 e. The van der Waals surface area contributed by atoms with Gasteiger partial charge in [0.2, 0.25) is 0 Å². The quantitative estimate of drug-likeness (QED) is 0.854. The van der Waals surface area contributed by atoms with Crippen LogP contribution in [0, 0.1) is 18.7 Å². The van der Waals surface area contributed by atoms with Crippen LogP contribution in [0.1, 0.15) is 28.9 Å². The van der Waals surface area contributed by atoms with E-state index < -0.39 is 0 Å². The maximum Gasteiger partial charge on any atom is 0.168 e. The van der Waals surface area contributed by atoms with Crippen molar-refractivity contribution in [2.45, 2.75) is 19.8 Å². The standard InChI is InChI=1S/C16H19FN2O/c1-10-14(16(20)11-6-8-18-9-7-11)12-4-3-5-13(17)15(12)19(10)2/h3-5,11,18H,6-9H2,1-2H3. The number of aryl methyl sites for hydroxylation is 1. The number of Topliss-reactive ketones (excluding diaryl/α,β-unsaturated/α-hetero) is 1. The zero-order valence-electron chi connectivity index (χ0n) is 11.9. The van der Waals surface area contributed by atoms with Crippen LogP contribution in [0.2, 0.25) is 0 Å². The van der Waals surface area contributed by atoms with Crippen molar-refractivity contribution in [1.82, 2.24) is 9.88 Å². The second kappa shape index (κ2) is 5.02. The zero-order valence-corrected chi connectivity index (χ0v) is 11.9. The van der Waals surface area contributed by atoms with Crippen molar-refractivity contribution in [3.05, 3.63) is 35.3 Å². The Bertz CT molecular complexity index is 669. The molecule has 0 bridgehead atoms. The van der Waals surface area contributed by atoms with Gasteiger partial charge in [0.05, 0.1) is 5.52 Å². The van der Waals surface area contributed by atoms with Gasteiger partial charge in [-0.1, -0.05) is 12.1 Å². The monoisotopic (exact) mass is 274 g/mol. The number of fused-ring (bicyclic) bond motifs is 1. The van der Waals surface area contributed by atoms with Crippen LogP contribution in [-0.4, -0.2) is 23.4 Å². The number of nitrogens with zero attached hydrogens (tertiary/aromatic N) is 1. The number of hydrogen-bond acceptors (Lipinski definition) is 2. The van der Waals surface area contributed by atoms with Gasteiger partial charge in [0.1, 0.15) is 5.82 Å². The number of benzene rings is 1. The molecule has 3 nitrogen and oxygen atoms in total. The van der Waals surface area contributed by atoms with E-state index in [-0.39, 0.29) is 17.5 Å². The Morgan fingerprint density at radius 1 is 1.35 bits per heavy atom. The van der Waals surface area contributed by atoms with E-state index >= 15 is 0 Å². The number of piperidine rings is 1. The number of ketones is 1. The van der Waals surface area contributed by atoms with Crippen LogP contribution < -0.4 is 5.32 Å². The van der Waals surface area contributed by atoms with E-state index in [1.807, 2.05) is 20.0 Å². The van der Waals surface area contributed by atoms with Gasteiger partial charge < -0.3 is 9.88 Å². The second-order valence-electron chi connectivity index (χ2n) is 5.54. The molecule has 106 valence electrons. The molecule has 1 saturated heterocycles. The summed E-state index contributed by atoms with van der Waals surface area (Å²) in [6, 6.07) is 4.97. The first-order chi connectivity index (χ1) is 9.61. The predicted octanol–water partition coefficient (Wildman–Crippen LogP) is 2.81. The lowest BCUT2D eigenvalue weighted by atomic mass is 9.88. The fourth-order valence-electron chi connectivity index (χ4n) is 3.19. The number of aromatic nitrogens is 1. The second-order valence-corrected chi connectivity index (χ2v) is 5.54. The van der Waals surface area contributed by atoms with Gasteiger partial charge in [-0.25, -0.2) is 4.39 Å². The first-order valence-corrected chi connectivity index (χ1v) is 7.09. The molecule has 1 aliphatic rings. The molecule has 0 radical (unpaired) electrons. The van der Waals surface area contributed by atoms with E-state index in [0.29, 0.717) is 11.1 Å². The molecule has 0 saturated carbocycles. The summed E-state index contributed by atoms with van der Waals surface area (Å²) >= 11 is 0. The third-order valence-corrected chi connectivity index (χ3v) is 4.41. The average Bonchev–Trinajstić information content (AvgIpc) is 2.72. The topological polar surface area (TPSA) is 34.0 Å². The van der Waals surface area contributed by atoms with Crippen LogP contribution in [0.25, 0.3) is 10.9 Å². The molecule has 1 fully saturated rings. The van der Waals surface area contributed by atoms with Crippen LogP contribution in [0.3, 0.4) is 0 Å². The van der Waals surface area contributed by atoms with Gasteiger partial charge in [-0.05, 0) is 38.9 Å². The Labute approximate surface area is 117 Å². The lowest BCUT2D eigenvalue weighted by Gasteiger charge is -2.21. The minimum atomic E-state index is -0.266.